The summed E-state index contributed by atoms with van der Waals surface area (Å²) in [6.07, 6.45) is 8.13. The summed E-state index contributed by atoms with van der Waals surface area (Å²) < 4.78 is 5.80. The van der Waals surface area contributed by atoms with Crippen LogP contribution in [-0.4, -0.2) is 49.3 Å². The molecule has 1 saturated heterocycles. The van der Waals surface area contributed by atoms with Crippen LogP contribution >= 0.6 is 0 Å². The molecule has 3 nitrogen and oxygen atoms in total. The highest BCUT2D eigenvalue weighted by atomic mass is 16.5. The van der Waals surface area contributed by atoms with Crippen LogP contribution in [0.5, 0.6) is 0 Å². The smallest absolute Gasteiger partial charge is 0.0589 e. The Morgan fingerprint density at radius 1 is 1.33 bits per heavy atom. The first kappa shape index (κ1) is 14.3. The average Bonchev–Trinajstić information content (AvgIpc) is 3.20. The summed E-state index contributed by atoms with van der Waals surface area (Å²) in [5, 5.41) is 3.75. The van der Waals surface area contributed by atoms with E-state index < -0.39 is 0 Å². The van der Waals surface area contributed by atoms with Gasteiger partial charge in [-0.3, -0.25) is 4.90 Å². The molecule has 3 unspecified atom stereocenters. The number of rotatable bonds is 7. The van der Waals surface area contributed by atoms with Crippen LogP contribution in [0.2, 0.25) is 0 Å². The minimum absolute atomic E-state index is 0.498. The van der Waals surface area contributed by atoms with Crippen LogP contribution in [0.4, 0.5) is 0 Å². The van der Waals surface area contributed by atoms with Crippen molar-refractivity contribution in [3.8, 4) is 0 Å². The molecule has 0 radical (unpaired) electrons. The highest BCUT2D eigenvalue weighted by Gasteiger charge is 2.29. The molecule has 0 bridgehead atoms. The molecule has 2 fully saturated rings. The highest BCUT2D eigenvalue weighted by Crippen LogP contribution is 2.26. The van der Waals surface area contributed by atoms with Crippen molar-refractivity contribution in [1.82, 2.24) is 10.2 Å². The van der Waals surface area contributed by atoms with Gasteiger partial charge in [0.2, 0.25) is 0 Å². The van der Waals surface area contributed by atoms with E-state index in [1.54, 1.807) is 0 Å². The number of hydrogen-bond donors (Lipinski definition) is 1. The van der Waals surface area contributed by atoms with Gasteiger partial charge in [-0.25, -0.2) is 0 Å². The zero-order valence-electron chi connectivity index (χ0n) is 12.3. The number of nitrogens with one attached hydrogen (secondary N) is 1. The lowest BCUT2D eigenvalue weighted by molar-refractivity contribution is -0.00400. The molecule has 0 spiro atoms. The third kappa shape index (κ3) is 4.22. The predicted molar refractivity (Wildman–Crippen MR) is 75.9 cm³/mol. The highest BCUT2D eigenvalue weighted by molar-refractivity contribution is 4.86. The van der Waals surface area contributed by atoms with Gasteiger partial charge in [0.05, 0.1) is 6.10 Å². The molecule has 0 amide bonds. The van der Waals surface area contributed by atoms with Crippen molar-refractivity contribution in [2.75, 3.05) is 20.2 Å². The van der Waals surface area contributed by atoms with Gasteiger partial charge >= 0.3 is 0 Å². The fourth-order valence-electron chi connectivity index (χ4n) is 2.91. The van der Waals surface area contributed by atoms with Crippen LogP contribution in [-0.2, 0) is 4.74 Å². The van der Waals surface area contributed by atoms with Crippen LogP contribution in [0.1, 0.15) is 52.4 Å². The van der Waals surface area contributed by atoms with E-state index in [1.807, 2.05) is 0 Å². The van der Waals surface area contributed by atoms with Gasteiger partial charge in [0, 0.05) is 31.3 Å². The predicted octanol–water partition coefficient (Wildman–Crippen LogP) is 2.41. The SMILES string of the molecule is CCCC1CC(NCC(C)N(C)C2CC2)CCO1. The molecule has 1 aliphatic carbocycles. The first-order valence-electron chi connectivity index (χ1n) is 7.77. The third-order valence-corrected chi connectivity index (χ3v) is 4.50. The number of likely N-dealkylation sites (N-methyl/N-ethyl adjacent to an activating group) is 1. The zero-order valence-corrected chi connectivity index (χ0v) is 12.3. The Bertz CT molecular complexity index is 241. The van der Waals surface area contributed by atoms with E-state index in [1.165, 1.54) is 38.5 Å². The van der Waals surface area contributed by atoms with E-state index in [2.05, 4.69) is 31.1 Å². The molecular formula is C15H30N2O. The van der Waals surface area contributed by atoms with Crippen LogP contribution in [0.3, 0.4) is 0 Å². The summed E-state index contributed by atoms with van der Waals surface area (Å²) in [5.41, 5.74) is 0. The Hall–Kier alpha value is -0.120. The lowest BCUT2D eigenvalue weighted by Gasteiger charge is -2.32. The molecule has 2 aliphatic rings. The number of ether oxygens (including phenoxy) is 1. The Morgan fingerprint density at radius 2 is 2.11 bits per heavy atom. The summed E-state index contributed by atoms with van der Waals surface area (Å²) in [6, 6.07) is 2.19. The molecule has 0 aromatic heterocycles. The molecule has 2 rings (SSSR count). The summed E-state index contributed by atoms with van der Waals surface area (Å²) in [6.45, 7) is 6.65. The van der Waals surface area contributed by atoms with E-state index in [9.17, 15) is 0 Å². The summed E-state index contributed by atoms with van der Waals surface area (Å²) >= 11 is 0. The number of hydrogen-bond acceptors (Lipinski definition) is 3. The average molecular weight is 254 g/mol. The summed E-state index contributed by atoms with van der Waals surface area (Å²) in [5.74, 6) is 0. The largest absolute Gasteiger partial charge is 0.378 e. The van der Waals surface area contributed by atoms with E-state index in [-0.39, 0.29) is 0 Å². The van der Waals surface area contributed by atoms with Crippen molar-refractivity contribution in [2.45, 2.75) is 76.6 Å². The molecule has 1 aliphatic heterocycles. The lowest BCUT2D eigenvalue weighted by Crippen LogP contribution is -2.45. The van der Waals surface area contributed by atoms with Gasteiger partial charge < -0.3 is 10.1 Å². The quantitative estimate of drug-likeness (QED) is 0.755. The maximum atomic E-state index is 5.80. The second-order valence-corrected chi connectivity index (χ2v) is 6.16. The van der Waals surface area contributed by atoms with Crippen molar-refractivity contribution in [3.05, 3.63) is 0 Å². The fraction of sp³-hybridized carbons (Fsp3) is 1.00. The molecule has 18 heavy (non-hydrogen) atoms. The molecule has 1 heterocycles. The minimum atomic E-state index is 0.498. The fourth-order valence-corrected chi connectivity index (χ4v) is 2.91. The second kappa shape index (κ2) is 6.88. The number of nitrogens with zero attached hydrogens (tertiary/aromatic N) is 1. The van der Waals surface area contributed by atoms with Gasteiger partial charge in [0.25, 0.3) is 0 Å². The molecular weight excluding hydrogens is 224 g/mol. The standard InChI is InChI=1S/C15H30N2O/c1-4-5-15-10-13(8-9-18-15)16-11-12(2)17(3)14-6-7-14/h12-16H,4-11H2,1-3H3. The molecule has 106 valence electrons. The third-order valence-electron chi connectivity index (χ3n) is 4.50. The van der Waals surface area contributed by atoms with Crippen LogP contribution < -0.4 is 5.32 Å². The van der Waals surface area contributed by atoms with Crippen molar-refractivity contribution in [3.63, 3.8) is 0 Å². The summed E-state index contributed by atoms with van der Waals surface area (Å²) in [4.78, 5) is 2.54. The van der Waals surface area contributed by atoms with Gasteiger partial charge in [-0.1, -0.05) is 13.3 Å². The molecule has 3 atom stereocenters. The minimum Gasteiger partial charge on any atom is -0.378 e. The lowest BCUT2D eigenvalue weighted by atomic mass is 10.00. The van der Waals surface area contributed by atoms with Crippen molar-refractivity contribution in [2.24, 2.45) is 0 Å². The van der Waals surface area contributed by atoms with E-state index >= 15 is 0 Å². The van der Waals surface area contributed by atoms with Crippen molar-refractivity contribution < 1.29 is 4.74 Å². The van der Waals surface area contributed by atoms with Gasteiger partial charge in [0.1, 0.15) is 0 Å². The maximum absolute atomic E-state index is 5.80. The van der Waals surface area contributed by atoms with Gasteiger partial charge in [-0.05, 0) is 46.1 Å². The Labute approximate surface area is 112 Å². The monoisotopic (exact) mass is 254 g/mol. The molecule has 1 saturated carbocycles. The van der Waals surface area contributed by atoms with Crippen LogP contribution in [0.25, 0.3) is 0 Å². The van der Waals surface area contributed by atoms with Crippen molar-refractivity contribution in [1.29, 1.82) is 0 Å². The second-order valence-electron chi connectivity index (χ2n) is 6.16. The van der Waals surface area contributed by atoms with Gasteiger partial charge in [-0.15, -0.1) is 0 Å². The maximum Gasteiger partial charge on any atom is 0.0589 e. The van der Waals surface area contributed by atoms with E-state index in [0.29, 0.717) is 18.2 Å². The van der Waals surface area contributed by atoms with Crippen LogP contribution in [0, 0.1) is 0 Å². The Balaban J connectivity index is 1.65. The van der Waals surface area contributed by atoms with Gasteiger partial charge in [0.15, 0.2) is 0 Å². The Kier molecular flexibility index (Phi) is 5.46. The zero-order chi connectivity index (χ0) is 13.0. The molecule has 1 N–H and O–H groups in total. The first-order valence-corrected chi connectivity index (χ1v) is 7.77. The molecule has 0 aromatic carbocycles. The molecule has 3 heteroatoms. The molecule has 0 aromatic rings. The summed E-state index contributed by atoms with van der Waals surface area (Å²) in [7, 11) is 2.27. The van der Waals surface area contributed by atoms with Gasteiger partial charge in [-0.2, -0.15) is 0 Å². The van der Waals surface area contributed by atoms with Crippen LogP contribution in [0.15, 0.2) is 0 Å². The normalized spacial score (nSPS) is 30.7. The van der Waals surface area contributed by atoms with Crippen molar-refractivity contribution >= 4 is 0 Å². The first-order chi connectivity index (χ1) is 8.70. The van der Waals surface area contributed by atoms with E-state index in [4.69, 9.17) is 4.74 Å². The Morgan fingerprint density at radius 3 is 2.78 bits per heavy atom. The topological polar surface area (TPSA) is 24.5 Å². The van der Waals surface area contributed by atoms with E-state index in [0.717, 1.165) is 19.2 Å².